The van der Waals surface area contributed by atoms with Gasteiger partial charge >= 0.3 is 18.2 Å². The summed E-state index contributed by atoms with van der Waals surface area (Å²) in [4.78, 5) is 51.3. The topological polar surface area (TPSA) is 155 Å². The molecule has 0 radical (unpaired) electrons. The average Bonchev–Trinajstić information content (AvgIpc) is 2.85. The van der Waals surface area contributed by atoms with Gasteiger partial charge in [0.1, 0.15) is 19.3 Å². The van der Waals surface area contributed by atoms with Crippen molar-refractivity contribution < 1.29 is 33.8 Å². The molecule has 0 aromatic heterocycles. The Morgan fingerprint density at radius 2 is 1.40 bits per heavy atom. The van der Waals surface area contributed by atoms with Gasteiger partial charge < -0.3 is 19.9 Å². The van der Waals surface area contributed by atoms with E-state index in [0.717, 1.165) is 11.1 Å². The number of alkyl carbamates (subject to hydrolysis) is 2. The highest BCUT2D eigenvalue weighted by Gasteiger charge is 2.43. The fraction of sp³-hybridized carbons (Fsp3) is 0.292. The van der Waals surface area contributed by atoms with Gasteiger partial charge in [-0.3, -0.25) is 20.4 Å². The van der Waals surface area contributed by atoms with Crippen LogP contribution in [-0.4, -0.2) is 47.7 Å². The van der Waals surface area contributed by atoms with E-state index in [1.54, 1.807) is 24.3 Å². The molecule has 0 aliphatic carbocycles. The minimum atomic E-state index is -1.09. The van der Waals surface area contributed by atoms with Gasteiger partial charge in [0.05, 0.1) is 5.92 Å². The summed E-state index contributed by atoms with van der Waals surface area (Å²) in [6.45, 7) is 0.154. The number of carboxylic acid groups (broad SMARTS) is 1. The Kier molecular flexibility index (Phi) is 9.17. The number of benzene rings is 2. The van der Waals surface area contributed by atoms with Crippen LogP contribution in [0.1, 0.15) is 24.0 Å². The molecule has 11 nitrogen and oxygen atoms in total. The molecule has 2 aromatic carbocycles. The summed E-state index contributed by atoms with van der Waals surface area (Å²) < 4.78 is 10.3. The molecular formula is C24H26N4O7. The lowest BCUT2D eigenvalue weighted by Crippen LogP contribution is -2.61. The summed E-state index contributed by atoms with van der Waals surface area (Å²) in [5, 5.41) is 16.1. The van der Waals surface area contributed by atoms with Crippen LogP contribution >= 0.6 is 0 Å². The van der Waals surface area contributed by atoms with Crippen LogP contribution in [0.2, 0.25) is 0 Å². The van der Waals surface area contributed by atoms with Crippen molar-refractivity contribution in [2.75, 3.05) is 6.54 Å². The van der Waals surface area contributed by atoms with Crippen LogP contribution in [0.25, 0.3) is 0 Å². The molecule has 1 saturated heterocycles. The van der Waals surface area contributed by atoms with Crippen molar-refractivity contribution in [2.45, 2.75) is 32.1 Å². The third kappa shape index (κ3) is 8.14. The minimum absolute atomic E-state index is 0.0196. The van der Waals surface area contributed by atoms with Gasteiger partial charge in [0.2, 0.25) is 11.9 Å². The molecule has 0 spiro atoms. The number of carboxylic acids is 1. The molecular weight excluding hydrogens is 456 g/mol. The summed E-state index contributed by atoms with van der Waals surface area (Å²) >= 11 is 0. The fourth-order valence-corrected chi connectivity index (χ4v) is 3.27. The molecule has 3 rings (SSSR count). The molecule has 3 amide bonds. The van der Waals surface area contributed by atoms with Crippen molar-refractivity contribution >= 4 is 30.0 Å². The van der Waals surface area contributed by atoms with Crippen molar-refractivity contribution in [1.29, 1.82) is 0 Å². The first kappa shape index (κ1) is 25.2. The van der Waals surface area contributed by atoms with E-state index in [-0.39, 0.29) is 38.0 Å². The van der Waals surface area contributed by atoms with Gasteiger partial charge in [-0.05, 0) is 24.0 Å². The number of β-lactam (4-membered cyclic amide) rings is 1. The van der Waals surface area contributed by atoms with Gasteiger partial charge in [-0.25, -0.2) is 14.4 Å². The number of amides is 3. The van der Waals surface area contributed by atoms with Gasteiger partial charge in [0.25, 0.3) is 0 Å². The number of hydrogen-bond acceptors (Lipinski definition) is 7. The second kappa shape index (κ2) is 12.7. The first-order valence-electron chi connectivity index (χ1n) is 11.0. The number of ether oxygens (including phenoxy) is 2. The summed E-state index contributed by atoms with van der Waals surface area (Å²) in [5.41, 5.74) is 1.56. The number of carbonyl (C=O) groups is 4. The lowest BCUT2D eigenvalue weighted by Gasteiger charge is -2.33. The zero-order valence-electron chi connectivity index (χ0n) is 18.8. The second-order valence-electron chi connectivity index (χ2n) is 7.68. The van der Waals surface area contributed by atoms with Crippen LogP contribution in [0.5, 0.6) is 0 Å². The summed E-state index contributed by atoms with van der Waals surface area (Å²) in [7, 11) is 0. The number of carbonyl (C=O) groups excluding carboxylic acids is 3. The lowest BCUT2D eigenvalue weighted by atomic mass is 9.86. The molecule has 2 atom stereocenters. The SMILES string of the molecule is O=C(NC(=NCCC[C@H]1C(=O)N[C@@H]1C(=O)O)NC(=O)OCc1ccccc1)OCc1ccccc1. The Morgan fingerprint density at radius 1 is 0.886 bits per heavy atom. The molecule has 1 aliphatic rings. The van der Waals surface area contributed by atoms with E-state index in [1.807, 2.05) is 36.4 Å². The Labute approximate surface area is 201 Å². The Balaban J connectivity index is 1.53. The predicted molar refractivity (Wildman–Crippen MR) is 124 cm³/mol. The number of rotatable bonds is 9. The molecule has 1 fully saturated rings. The number of nitrogens with one attached hydrogen (secondary N) is 3. The van der Waals surface area contributed by atoms with Crippen LogP contribution in [0.15, 0.2) is 65.7 Å². The van der Waals surface area contributed by atoms with E-state index < -0.39 is 30.1 Å². The van der Waals surface area contributed by atoms with Crippen molar-refractivity contribution in [3.8, 4) is 0 Å². The number of aliphatic carboxylic acids is 1. The first-order valence-corrected chi connectivity index (χ1v) is 11.0. The standard InChI is InChI=1S/C24H26N4O7/c29-20-18(19(26-20)21(30)31)12-7-13-25-22(27-23(32)34-14-16-8-3-1-4-9-16)28-24(33)35-15-17-10-5-2-6-11-17/h1-6,8-11,18-19H,7,12-15H2,(H,26,29)(H,30,31)(H2,25,27,28,32,33)/t18-,19+/m1/s1. The molecule has 11 heteroatoms. The summed E-state index contributed by atoms with van der Waals surface area (Å²) in [6.07, 6.45) is -1.02. The molecule has 184 valence electrons. The highest BCUT2D eigenvalue weighted by molar-refractivity contribution is 6.01. The second-order valence-corrected chi connectivity index (χ2v) is 7.68. The number of hydrogen-bond donors (Lipinski definition) is 4. The lowest BCUT2D eigenvalue weighted by molar-refractivity contribution is -0.153. The maximum absolute atomic E-state index is 12.2. The molecule has 35 heavy (non-hydrogen) atoms. The normalized spacial score (nSPS) is 16.2. The van der Waals surface area contributed by atoms with Crippen LogP contribution in [0.3, 0.4) is 0 Å². The van der Waals surface area contributed by atoms with Crippen molar-refractivity contribution in [2.24, 2.45) is 10.9 Å². The number of guanidine groups is 1. The van der Waals surface area contributed by atoms with E-state index in [1.165, 1.54) is 0 Å². The van der Waals surface area contributed by atoms with Gasteiger partial charge in [0.15, 0.2) is 0 Å². The number of nitrogens with zero attached hydrogens (tertiary/aromatic N) is 1. The quantitative estimate of drug-likeness (QED) is 0.185. The van der Waals surface area contributed by atoms with E-state index in [2.05, 4.69) is 20.9 Å². The first-order chi connectivity index (χ1) is 16.9. The molecule has 0 bridgehead atoms. The van der Waals surface area contributed by atoms with Gasteiger partial charge in [-0.2, -0.15) is 0 Å². The Morgan fingerprint density at radius 3 is 1.86 bits per heavy atom. The smallest absolute Gasteiger partial charge is 0.414 e. The maximum Gasteiger partial charge on any atom is 0.414 e. The van der Waals surface area contributed by atoms with E-state index >= 15 is 0 Å². The maximum atomic E-state index is 12.2. The largest absolute Gasteiger partial charge is 0.480 e. The predicted octanol–water partition coefficient (Wildman–Crippen LogP) is 2.17. The van der Waals surface area contributed by atoms with E-state index in [0.29, 0.717) is 6.42 Å². The fourth-order valence-electron chi connectivity index (χ4n) is 3.27. The van der Waals surface area contributed by atoms with Crippen molar-refractivity contribution in [3.05, 3.63) is 71.8 Å². The van der Waals surface area contributed by atoms with Crippen LogP contribution in [0.4, 0.5) is 9.59 Å². The van der Waals surface area contributed by atoms with Crippen LogP contribution in [-0.2, 0) is 32.3 Å². The molecule has 2 aromatic rings. The zero-order valence-corrected chi connectivity index (χ0v) is 18.8. The summed E-state index contributed by atoms with van der Waals surface area (Å²) in [5.74, 6) is -2.25. The van der Waals surface area contributed by atoms with E-state index in [9.17, 15) is 19.2 Å². The zero-order chi connectivity index (χ0) is 25.0. The van der Waals surface area contributed by atoms with E-state index in [4.69, 9.17) is 14.6 Å². The summed E-state index contributed by atoms with van der Waals surface area (Å²) in [6, 6.07) is 17.2. The molecule has 4 N–H and O–H groups in total. The molecule has 0 saturated carbocycles. The highest BCUT2D eigenvalue weighted by Crippen LogP contribution is 2.20. The number of aliphatic imine (C=N–C) groups is 1. The monoisotopic (exact) mass is 482 g/mol. The Hall–Kier alpha value is -4.41. The molecule has 1 heterocycles. The third-order valence-corrected chi connectivity index (χ3v) is 5.11. The highest BCUT2D eigenvalue weighted by atomic mass is 16.6. The average molecular weight is 482 g/mol. The third-order valence-electron chi connectivity index (χ3n) is 5.11. The van der Waals surface area contributed by atoms with Gasteiger partial charge in [-0.15, -0.1) is 0 Å². The Bertz CT molecular complexity index is 1000. The van der Waals surface area contributed by atoms with Gasteiger partial charge in [-0.1, -0.05) is 60.7 Å². The van der Waals surface area contributed by atoms with Crippen molar-refractivity contribution in [3.63, 3.8) is 0 Å². The molecule has 0 unspecified atom stereocenters. The van der Waals surface area contributed by atoms with Crippen LogP contribution in [0, 0.1) is 5.92 Å². The molecule has 1 aliphatic heterocycles. The minimum Gasteiger partial charge on any atom is -0.480 e. The van der Waals surface area contributed by atoms with Gasteiger partial charge in [0, 0.05) is 6.54 Å². The van der Waals surface area contributed by atoms with Crippen molar-refractivity contribution in [1.82, 2.24) is 16.0 Å². The van der Waals surface area contributed by atoms with Crippen LogP contribution < -0.4 is 16.0 Å².